The van der Waals surface area contributed by atoms with Crippen LogP contribution in [0.5, 0.6) is 0 Å². The second-order valence-corrected chi connectivity index (χ2v) is 6.68. The average molecular weight is 320 g/mol. The first-order valence-electron chi connectivity index (χ1n) is 7.60. The van der Waals surface area contributed by atoms with Crippen LogP contribution in [0.15, 0.2) is 0 Å². The number of nitrogens with one attached hydrogen (secondary N) is 1. The zero-order valence-electron chi connectivity index (χ0n) is 13.4. The Morgan fingerprint density at radius 2 is 1.76 bits per heavy atom. The fraction of sp³-hybridized carbons (Fsp3) is 0.867. The predicted molar refractivity (Wildman–Crippen MR) is 87.0 cm³/mol. The number of hydrogen-bond acceptors (Lipinski definition) is 3. The minimum atomic E-state index is -0.822. The summed E-state index contributed by atoms with van der Waals surface area (Å²) in [4.78, 5) is 22.6. The Morgan fingerprint density at radius 3 is 2.19 bits per heavy atom. The highest BCUT2D eigenvalue weighted by molar-refractivity contribution is 5.87. The maximum absolute atomic E-state index is 11.8. The van der Waals surface area contributed by atoms with Crippen molar-refractivity contribution in [2.45, 2.75) is 71.4 Å². The van der Waals surface area contributed by atoms with Gasteiger partial charge >= 0.3 is 0 Å². The normalized spacial score (nSPS) is 23.8. The van der Waals surface area contributed by atoms with Crippen molar-refractivity contribution in [1.29, 1.82) is 0 Å². The number of nitrogens with two attached hydrogens (primary N) is 2. The summed E-state index contributed by atoms with van der Waals surface area (Å²) in [6.07, 6.45) is 5.34. The van der Waals surface area contributed by atoms with Crippen LogP contribution >= 0.6 is 12.4 Å². The van der Waals surface area contributed by atoms with Gasteiger partial charge in [-0.25, -0.2) is 0 Å². The highest BCUT2D eigenvalue weighted by Gasteiger charge is 2.32. The number of amides is 2. The molecule has 0 heterocycles. The molecule has 0 aromatic rings. The Labute approximate surface area is 134 Å². The maximum Gasteiger partial charge on any atom is 0.237 e. The van der Waals surface area contributed by atoms with Crippen LogP contribution in [0, 0.1) is 11.3 Å². The Balaban J connectivity index is 0.00000400. The van der Waals surface area contributed by atoms with E-state index in [1.165, 1.54) is 6.42 Å². The van der Waals surface area contributed by atoms with Gasteiger partial charge in [-0.05, 0) is 37.0 Å². The van der Waals surface area contributed by atoms with E-state index in [0.29, 0.717) is 5.41 Å². The second-order valence-electron chi connectivity index (χ2n) is 6.68. The zero-order chi connectivity index (χ0) is 15.3. The molecule has 6 heteroatoms. The lowest BCUT2D eigenvalue weighted by Gasteiger charge is -2.39. The molecule has 1 rings (SSSR count). The van der Waals surface area contributed by atoms with Gasteiger partial charge in [0.25, 0.3) is 0 Å². The summed E-state index contributed by atoms with van der Waals surface area (Å²) in [5.74, 6) is -0.0806. The molecular weight excluding hydrogens is 290 g/mol. The van der Waals surface area contributed by atoms with Crippen LogP contribution in [0.25, 0.3) is 0 Å². The Bertz CT molecular complexity index is 353. The van der Waals surface area contributed by atoms with Crippen molar-refractivity contribution in [3.8, 4) is 0 Å². The summed E-state index contributed by atoms with van der Waals surface area (Å²) in [5.41, 5.74) is 11.1. The van der Waals surface area contributed by atoms with E-state index < -0.39 is 11.9 Å². The largest absolute Gasteiger partial charge is 0.370 e. The van der Waals surface area contributed by atoms with E-state index in [9.17, 15) is 9.59 Å². The SMILES string of the molecule is CCC(C)(C)C1CCC(NC(=O)C(N)CC(N)=O)CC1.Cl. The van der Waals surface area contributed by atoms with Gasteiger partial charge in [0.05, 0.1) is 12.5 Å². The van der Waals surface area contributed by atoms with Crippen LogP contribution in [0.4, 0.5) is 0 Å². The first kappa shape index (κ1) is 20.2. The summed E-state index contributed by atoms with van der Waals surface area (Å²) >= 11 is 0. The van der Waals surface area contributed by atoms with E-state index in [4.69, 9.17) is 11.5 Å². The molecule has 124 valence electrons. The minimum absolute atomic E-state index is 0. The first-order valence-corrected chi connectivity index (χ1v) is 7.60. The van der Waals surface area contributed by atoms with Gasteiger partial charge in [0, 0.05) is 6.04 Å². The Hall–Kier alpha value is -0.810. The van der Waals surface area contributed by atoms with Crippen LogP contribution in [-0.2, 0) is 9.59 Å². The third-order valence-corrected chi connectivity index (χ3v) is 4.85. The smallest absolute Gasteiger partial charge is 0.237 e. The van der Waals surface area contributed by atoms with Crippen molar-refractivity contribution in [1.82, 2.24) is 5.32 Å². The highest BCUT2D eigenvalue weighted by atomic mass is 35.5. The quantitative estimate of drug-likeness (QED) is 0.695. The van der Waals surface area contributed by atoms with Gasteiger partial charge in [0.1, 0.15) is 0 Å². The second kappa shape index (κ2) is 8.59. The molecule has 0 aliphatic heterocycles. The van der Waals surface area contributed by atoms with Gasteiger partial charge in [0.15, 0.2) is 0 Å². The van der Waals surface area contributed by atoms with Gasteiger partial charge in [-0.2, -0.15) is 0 Å². The number of carbonyl (C=O) groups excluding carboxylic acids is 2. The number of carbonyl (C=O) groups is 2. The van der Waals surface area contributed by atoms with Gasteiger partial charge in [-0.1, -0.05) is 27.2 Å². The molecule has 0 aromatic heterocycles. The summed E-state index contributed by atoms with van der Waals surface area (Å²) in [5, 5.41) is 2.94. The molecule has 1 atom stereocenters. The van der Waals surface area contributed by atoms with Crippen LogP contribution < -0.4 is 16.8 Å². The van der Waals surface area contributed by atoms with Crippen molar-refractivity contribution >= 4 is 24.2 Å². The third-order valence-electron chi connectivity index (χ3n) is 4.85. The predicted octanol–water partition coefficient (Wildman–Crippen LogP) is 1.72. The topological polar surface area (TPSA) is 98.2 Å². The van der Waals surface area contributed by atoms with Crippen molar-refractivity contribution in [3.63, 3.8) is 0 Å². The van der Waals surface area contributed by atoms with E-state index >= 15 is 0 Å². The van der Waals surface area contributed by atoms with Gasteiger partial charge < -0.3 is 16.8 Å². The summed E-state index contributed by atoms with van der Waals surface area (Å²) < 4.78 is 0. The molecule has 0 saturated heterocycles. The molecule has 5 nitrogen and oxygen atoms in total. The summed E-state index contributed by atoms with van der Waals surface area (Å²) in [6.45, 7) is 6.87. The minimum Gasteiger partial charge on any atom is -0.370 e. The van der Waals surface area contributed by atoms with Crippen molar-refractivity contribution in [3.05, 3.63) is 0 Å². The molecule has 1 fully saturated rings. The lowest BCUT2D eigenvalue weighted by Crippen LogP contribution is -2.48. The molecule has 0 radical (unpaired) electrons. The molecule has 0 aromatic carbocycles. The molecule has 1 aliphatic rings. The van der Waals surface area contributed by atoms with E-state index in [0.717, 1.165) is 31.6 Å². The molecule has 5 N–H and O–H groups in total. The first-order chi connectivity index (χ1) is 9.26. The number of primary amides is 1. The lowest BCUT2D eigenvalue weighted by atomic mass is 9.69. The number of hydrogen-bond donors (Lipinski definition) is 3. The molecule has 2 amide bonds. The van der Waals surface area contributed by atoms with Crippen molar-refractivity contribution in [2.24, 2.45) is 22.8 Å². The monoisotopic (exact) mass is 319 g/mol. The highest BCUT2D eigenvalue weighted by Crippen LogP contribution is 2.40. The van der Waals surface area contributed by atoms with Gasteiger partial charge in [0.2, 0.25) is 11.8 Å². The van der Waals surface area contributed by atoms with Crippen LogP contribution in [0.2, 0.25) is 0 Å². The molecule has 0 bridgehead atoms. The fourth-order valence-corrected chi connectivity index (χ4v) is 2.93. The summed E-state index contributed by atoms with van der Waals surface area (Å²) in [7, 11) is 0. The molecule has 1 unspecified atom stereocenters. The number of rotatable bonds is 6. The van der Waals surface area contributed by atoms with E-state index in [1.54, 1.807) is 0 Å². The fourth-order valence-electron chi connectivity index (χ4n) is 2.93. The van der Waals surface area contributed by atoms with Crippen molar-refractivity contribution in [2.75, 3.05) is 0 Å². The number of halogens is 1. The van der Waals surface area contributed by atoms with E-state index in [1.807, 2.05) is 0 Å². The van der Waals surface area contributed by atoms with Crippen molar-refractivity contribution < 1.29 is 9.59 Å². The molecular formula is C15H30ClN3O2. The maximum atomic E-state index is 11.8. The molecule has 21 heavy (non-hydrogen) atoms. The lowest BCUT2D eigenvalue weighted by molar-refractivity contribution is -0.127. The van der Waals surface area contributed by atoms with E-state index in [-0.39, 0.29) is 30.8 Å². The molecule has 1 saturated carbocycles. The summed E-state index contributed by atoms with van der Waals surface area (Å²) in [6, 6.07) is -0.636. The van der Waals surface area contributed by atoms with Gasteiger partial charge in [-0.3, -0.25) is 9.59 Å². The standard InChI is InChI=1S/C15H29N3O2.ClH/c1-4-15(2,3)10-5-7-11(8-6-10)18-14(20)12(16)9-13(17)19;/h10-12H,4-9,16H2,1-3H3,(H2,17,19)(H,18,20);1H. The Morgan fingerprint density at radius 1 is 1.24 bits per heavy atom. The zero-order valence-corrected chi connectivity index (χ0v) is 14.2. The van der Waals surface area contributed by atoms with E-state index in [2.05, 4.69) is 26.1 Å². The van der Waals surface area contributed by atoms with Crippen LogP contribution in [0.3, 0.4) is 0 Å². The Kier molecular flexibility index (Phi) is 8.26. The van der Waals surface area contributed by atoms with Crippen LogP contribution in [-0.4, -0.2) is 23.9 Å². The third kappa shape index (κ3) is 6.22. The molecule has 0 spiro atoms. The molecule has 1 aliphatic carbocycles. The van der Waals surface area contributed by atoms with Crippen LogP contribution in [0.1, 0.15) is 59.3 Å². The van der Waals surface area contributed by atoms with Gasteiger partial charge in [-0.15, -0.1) is 12.4 Å². The average Bonchev–Trinajstić information content (AvgIpc) is 2.38.